The zero-order valence-electron chi connectivity index (χ0n) is 11.7. The third kappa shape index (κ3) is 11.4. The molecule has 0 rings (SSSR count). The number of rotatable bonds is 11. The van der Waals surface area contributed by atoms with Crippen molar-refractivity contribution >= 4 is 11.9 Å². The number of unbranched alkanes of at least 4 members (excludes halogenated alkanes) is 6. The zero-order valence-corrected chi connectivity index (χ0v) is 11.7. The van der Waals surface area contributed by atoms with Crippen LogP contribution in [0.3, 0.4) is 0 Å². The van der Waals surface area contributed by atoms with Crippen molar-refractivity contribution in [3.63, 3.8) is 0 Å². The number of carbonyl (C=O) groups excluding carboxylic acids is 2. The standard InChI is InChI=1S/C14H26O4/c1-3-5-6-7-8-9-10-11-13(15)18-12-14(16)17-4-2/h3-12H2,1-2H3. The average molecular weight is 258 g/mol. The lowest BCUT2D eigenvalue weighted by Gasteiger charge is -2.04. The van der Waals surface area contributed by atoms with Crippen LogP contribution in [0.4, 0.5) is 0 Å². The van der Waals surface area contributed by atoms with E-state index in [-0.39, 0.29) is 12.6 Å². The van der Waals surface area contributed by atoms with Crippen molar-refractivity contribution < 1.29 is 19.1 Å². The molecule has 0 saturated carbocycles. The summed E-state index contributed by atoms with van der Waals surface area (Å²) in [6, 6.07) is 0. The van der Waals surface area contributed by atoms with Crippen molar-refractivity contribution in [3.8, 4) is 0 Å². The van der Waals surface area contributed by atoms with E-state index in [1.165, 1.54) is 32.1 Å². The quantitative estimate of drug-likeness (QED) is 0.422. The van der Waals surface area contributed by atoms with Crippen molar-refractivity contribution in [2.24, 2.45) is 0 Å². The highest BCUT2D eigenvalue weighted by Crippen LogP contribution is 2.08. The van der Waals surface area contributed by atoms with Gasteiger partial charge in [0.2, 0.25) is 0 Å². The van der Waals surface area contributed by atoms with E-state index < -0.39 is 5.97 Å². The molecule has 0 atom stereocenters. The third-order valence-corrected chi connectivity index (χ3v) is 2.64. The first kappa shape index (κ1) is 16.9. The Morgan fingerprint density at radius 3 is 2.00 bits per heavy atom. The molecular weight excluding hydrogens is 232 g/mol. The fraction of sp³-hybridized carbons (Fsp3) is 0.857. The third-order valence-electron chi connectivity index (χ3n) is 2.64. The van der Waals surface area contributed by atoms with E-state index in [0.29, 0.717) is 13.0 Å². The minimum atomic E-state index is -0.481. The number of hydrogen-bond acceptors (Lipinski definition) is 4. The van der Waals surface area contributed by atoms with E-state index >= 15 is 0 Å². The minimum absolute atomic E-state index is 0.261. The Labute approximate surface area is 110 Å². The van der Waals surface area contributed by atoms with E-state index in [1.54, 1.807) is 6.92 Å². The molecule has 0 heterocycles. The Bertz CT molecular complexity index is 226. The minimum Gasteiger partial charge on any atom is -0.463 e. The van der Waals surface area contributed by atoms with Crippen LogP contribution in [-0.4, -0.2) is 25.2 Å². The predicted octanol–water partition coefficient (Wildman–Crippen LogP) is 3.23. The van der Waals surface area contributed by atoms with Gasteiger partial charge in [0.1, 0.15) is 0 Å². The second-order valence-corrected chi connectivity index (χ2v) is 4.34. The number of hydrogen-bond donors (Lipinski definition) is 0. The molecule has 0 unspecified atom stereocenters. The topological polar surface area (TPSA) is 52.6 Å². The first-order chi connectivity index (χ1) is 8.70. The van der Waals surface area contributed by atoms with Crippen molar-refractivity contribution in [2.45, 2.75) is 65.2 Å². The summed E-state index contributed by atoms with van der Waals surface area (Å²) >= 11 is 0. The molecule has 0 bridgehead atoms. The molecule has 0 amide bonds. The molecule has 106 valence electrons. The average Bonchev–Trinajstić information content (AvgIpc) is 2.35. The number of carbonyl (C=O) groups is 2. The fourth-order valence-electron chi connectivity index (χ4n) is 1.64. The molecule has 0 aliphatic rings. The monoisotopic (exact) mass is 258 g/mol. The molecule has 0 aromatic carbocycles. The largest absolute Gasteiger partial charge is 0.463 e. The van der Waals surface area contributed by atoms with E-state index in [0.717, 1.165) is 12.8 Å². The summed E-state index contributed by atoms with van der Waals surface area (Å²) in [5.41, 5.74) is 0. The van der Waals surface area contributed by atoms with Crippen molar-refractivity contribution in [1.29, 1.82) is 0 Å². The lowest BCUT2D eigenvalue weighted by Crippen LogP contribution is -2.16. The molecule has 4 heteroatoms. The molecular formula is C14H26O4. The maximum atomic E-state index is 11.3. The van der Waals surface area contributed by atoms with Crippen LogP contribution in [-0.2, 0) is 19.1 Å². The van der Waals surface area contributed by atoms with Crippen LogP contribution in [0.1, 0.15) is 65.2 Å². The molecule has 0 spiro atoms. The maximum Gasteiger partial charge on any atom is 0.344 e. The Balaban J connectivity index is 3.29. The molecule has 0 aliphatic carbocycles. The number of esters is 2. The van der Waals surface area contributed by atoms with E-state index in [9.17, 15) is 9.59 Å². The summed E-state index contributed by atoms with van der Waals surface area (Å²) in [4.78, 5) is 22.2. The summed E-state index contributed by atoms with van der Waals surface area (Å²) in [7, 11) is 0. The summed E-state index contributed by atoms with van der Waals surface area (Å²) < 4.78 is 9.44. The van der Waals surface area contributed by atoms with Crippen molar-refractivity contribution in [1.82, 2.24) is 0 Å². The van der Waals surface area contributed by atoms with E-state index in [4.69, 9.17) is 4.74 Å². The molecule has 0 aliphatic heterocycles. The molecule has 0 aromatic heterocycles. The molecule has 0 radical (unpaired) electrons. The summed E-state index contributed by atoms with van der Waals surface area (Å²) in [5.74, 6) is -0.790. The second-order valence-electron chi connectivity index (χ2n) is 4.34. The summed E-state index contributed by atoms with van der Waals surface area (Å²) in [5, 5.41) is 0. The zero-order chi connectivity index (χ0) is 13.6. The van der Waals surface area contributed by atoms with Gasteiger partial charge < -0.3 is 9.47 Å². The first-order valence-corrected chi connectivity index (χ1v) is 7.02. The van der Waals surface area contributed by atoms with Gasteiger partial charge in [0.05, 0.1) is 6.61 Å². The highest BCUT2D eigenvalue weighted by Gasteiger charge is 2.07. The Hall–Kier alpha value is -1.06. The van der Waals surface area contributed by atoms with E-state index in [2.05, 4.69) is 11.7 Å². The van der Waals surface area contributed by atoms with Gasteiger partial charge in [-0.15, -0.1) is 0 Å². The normalized spacial score (nSPS) is 10.1. The van der Waals surface area contributed by atoms with Crippen LogP contribution in [0, 0.1) is 0 Å². The van der Waals surface area contributed by atoms with Crippen LogP contribution in [0.25, 0.3) is 0 Å². The highest BCUT2D eigenvalue weighted by molar-refractivity contribution is 5.76. The Kier molecular flexibility index (Phi) is 11.7. The molecule has 18 heavy (non-hydrogen) atoms. The van der Waals surface area contributed by atoms with Crippen LogP contribution >= 0.6 is 0 Å². The molecule has 0 saturated heterocycles. The van der Waals surface area contributed by atoms with Crippen LogP contribution < -0.4 is 0 Å². The molecule has 0 fully saturated rings. The van der Waals surface area contributed by atoms with Crippen molar-refractivity contribution in [3.05, 3.63) is 0 Å². The Morgan fingerprint density at radius 2 is 1.39 bits per heavy atom. The van der Waals surface area contributed by atoms with E-state index in [1.807, 2.05) is 0 Å². The van der Waals surface area contributed by atoms with Gasteiger partial charge in [-0.05, 0) is 13.3 Å². The SMILES string of the molecule is CCCCCCCCCC(=O)OCC(=O)OCC. The highest BCUT2D eigenvalue weighted by atomic mass is 16.6. The van der Waals surface area contributed by atoms with Gasteiger partial charge >= 0.3 is 11.9 Å². The molecule has 0 aromatic rings. The Morgan fingerprint density at radius 1 is 0.778 bits per heavy atom. The van der Waals surface area contributed by atoms with Gasteiger partial charge in [0.25, 0.3) is 0 Å². The maximum absolute atomic E-state index is 11.3. The number of ether oxygens (including phenoxy) is 2. The van der Waals surface area contributed by atoms with Gasteiger partial charge in [-0.3, -0.25) is 4.79 Å². The summed E-state index contributed by atoms with van der Waals surface area (Å²) in [6.45, 7) is 3.97. The summed E-state index contributed by atoms with van der Waals surface area (Å²) in [6.07, 6.45) is 8.53. The predicted molar refractivity (Wildman–Crippen MR) is 70.2 cm³/mol. The van der Waals surface area contributed by atoms with Gasteiger partial charge in [-0.1, -0.05) is 45.4 Å². The first-order valence-electron chi connectivity index (χ1n) is 7.02. The smallest absolute Gasteiger partial charge is 0.344 e. The second kappa shape index (κ2) is 12.4. The van der Waals surface area contributed by atoms with Gasteiger partial charge in [0.15, 0.2) is 6.61 Å². The fourth-order valence-corrected chi connectivity index (χ4v) is 1.64. The molecule has 0 N–H and O–H groups in total. The van der Waals surface area contributed by atoms with Crippen LogP contribution in [0.2, 0.25) is 0 Å². The lowest BCUT2D eigenvalue weighted by molar-refractivity contribution is -0.158. The lowest BCUT2D eigenvalue weighted by atomic mass is 10.1. The molecule has 4 nitrogen and oxygen atoms in total. The van der Waals surface area contributed by atoms with Crippen molar-refractivity contribution in [2.75, 3.05) is 13.2 Å². The van der Waals surface area contributed by atoms with Crippen LogP contribution in [0.5, 0.6) is 0 Å². The van der Waals surface area contributed by atoms with Gasteiger partial charge in [-0.25, -0.2) is 4.79 Å². The van der Waals surface area contributed by atoms with Gasteiger partial charge in [-0.2, -0.15) is 0 Å². The van der Waals surface area contributed by atoms with Gasteiger partial charge in [0, 0.05) is 6.42 Å². The van der Waals surface area contributed by atoms with Crippen LogP contribution in [0.15, 0.2) is 0 Å².